The summed E-state index contributed by atoms with van der Waals surface area (Å²) in [5.41, 5.74) is 2.01. The summed E-state index contributed by atoms with van der Waals surface area (Å²) >= 11 is 6.27. The molecule has 8 nitrogen and oxygen atoms in total. The molecule has 0 fully saturated rings. The first kappa shape index (κ1) is 32.2. The fourth-order valence-electron chi connectivity index (χ4n) is 4.54. The molecule has 0 aromatic heterocycles. The van der Waals surface area contributed by atoms with Crippen LogP contribution < -0.4 is 14.4 Å². The smallest absolute Gasteiger partial charge is 0.305 e. The summed E-state index contributed by atoms with van der Waals surface area (Å²) < 4.78 is 44.8. The van der Waals surface area contributed by atoms with Gasteiger partial charge in [-0.2, -0.15) is 0 Å². The van der Waals surface area contributed by atoms with E-state index in [9.17, 15) is 23.7 Å². The average molecular weight is 625 g/mol. The van der Waals surface area contributed by atoms with Crippen LogP contribution in [-0.4, -0.2) is 24.1 Å². The number of rotatable bonds is 14. The Hall–Kier alpha value is -4.70. The van der Waals surface area contributed by atoms with E-state index in [4.69, 9.17) is 25.8 Å². The molecule has 0 heterocycles. The largest absolute Gasteiger partial charge is 0.492 e. The van der Waals surface area contributed by atoms with Crippen LogP contribution in [0.15, 0.2) is 78.9 Å². The van der Waals surface area contributed by atoms with Crippen molar-refractivity contribution in [3.8, 4) is 17.2 Å². The number of halogens is 3. The van der Waals surface area contributed by atoms with Crippen molar-refractivity contribution in [2.75, 3.05) is 18.1 Å². The quantitative estimate of drug-likeness (QED) is 0.0601. The number of carbonyl (C=O) groups excluding carboxylic acids is 1. The normalized spacial score (nSPS) is 10.8. The molecule has 0 aliphatic rings. The van der Waals surface area contributed by atoms with Crippen LogP contribution in [0.3, 0.4) is 0 Å². The van der Waals surface area contributed by atoms with Crippen molar-refractivity contribution in [1.82, 2.24) is 0 Å². The lowest BCUT2D eigenvalue weighted by atomic mass is 10.1. The van der Waals surface area contributed by atoms with Gasteiger partial charge in [0.25, 0.3) is 5.69 Å². The number of nitro benzene ring substituents is 1. The van der Waals surface area contributed by atoms with Crippen LogP contribution in [0.25, 0.3) is 0 Å². The van der Waals surface area contributed by atoms with E-state index in [2.05, 4.69) is 0 Å². The molecule has 0 saturated heterocycles. The third-order valence-electron chi connectivity index (χ3n) is 6.71. The standard InChI is InChI=1S/C33H31ClF2N2O6/c1-3-42-33(39)8-5-17-43-32-19-27(15-16-28(32)34)44-26-13-9-23(10-14-26)20-37(21-24-11-12-25(35)18-29(24)36)30-6-4-7-31(22(30)2)38(40)41/h4,6-7,9-16,18-19H,3,5,8,17,20-21H2,1-2H3. The third kappa shape index (κ3) is 8.67. The molecule has 0 spiro atoms. The number of hydrogen-bond donors (Lipinski definition) is 0. The highest BCUT2D eigenvalue weighted by Gasteiger charge is 2.20. The summed E-state index contributed by atoms with van der Waals surface area (Å²) in [6.45, 7) is 4.34. The van der Waals surface area contributed by atoms with Crippen LogP contribution in [0.2, 0.25) is 5.02 Å². The second-order valence-electron chi connectivity index (χ2n) is 9.87. The Kier molecular flexibility index (Phi) is 11.1. The molecule has 0 unspecified atom stereocenters. The first-order chi connectivity index (χ1) is 21.1. The van der Waals surface area contributed by atoms with Gasteiger partial charge in [-0.25, -0.2) is 8.78 Å². The van der Waals surface area contributed by atoms with Gasteiger partial charge in [0.15, 0.2) is 0 Å². The first-order valence-electron chi connectivity index (χ1n) is 13.9. The van der Waals surface area contributed by atoms with E-state index in [-0.39, 0.29) is 43.3 Å². The molecule has 11 heteroatoms. The van der Waals surface area contributed by atoms with Crippen LogP contribution in [0.4, 0.5) is 20.2 Å². The summed E-state index contributed by atoms with van der Waals surface area (Å²) in [6, 6.07) is 20.3. The average Bonchev–Trinajstić information content (AvgIpc) is 2.99. The Labute approximate surface area is 258 Å². The highest BCUT2D eigenvalue weighted by molar-refractivity contribution is 6.32. The molecule has 0 N–H and O–H groups in total. The van der Waals surface area contributed by atoms with Crippen molar-refractivity contribution in [3.05, 3.63) is 122 Å². The van der Waals surface area contributed by atoms with Gasteiger partial charge < -0.3 is 19.1 Å². The molecular formula is C33H31ClF2N2O6. The van der Waals surface area contributed by atoms with Crippen LogP contribution in [0.5, 0.6) is 17.2 Å². The van der Waals surface area contributed by atoms with Crippen molar-refractivity contribution in [3.63, 3.8) is 0 Å². The predicted octanol–water partition coefficient (Wildman–Crippen LogP) is 8.56. The number of carbonyl (C=O) groups is 1. The van der Waals surface area contributed by atoms with Crippen molar-refractivity contribution < 1.29 is 32.7 Å². The molecular weight excluding hydrogens is 594 g/mol. The van der Waals surface area contributed by atoms with Crippen molar-refractivity contribution in [1.29, 1.82) is 0 Å². The SMILES string of the molecule is CCOC(=O)CCCOc1cc(Oc2ccc(CN(Cc3ccc(F)cc3F)c3cccc([N+](=O)[O-])c3C)cc2)ccc1Cl. The first-order valence-corrected chi connectivity index (χ1v) is 14.3. The number of nitro groups is 1. The molecule has 4 rings (SSSR count). The molecule has 0 aliphatic carbocycles. The van der Waals surface area contributed by atoms with Crippen LogP contribution in [0, 0.1) is 28.7 Å². The van der Waals surface area contributed by atoms with E-state index < -0.39 is 16.6 Å². The summed E-state index contributed by atoms with van der Waals surface area (Å²) in [5.74, 6) is -0.232. The zero-order valence-electron chi connectivity index (χ0n) is 24.2. The molecule has 0 atom stereocenters. The van der Waals surface area contributed by atoms with E-state index in [1.165, 1.54) is 18.2 Å². The minimum Gasteiger partial charge on any atom is -0.492 e. The zero-order chi connectivity index (χ0) is 31.6. The maximum absolute atomic E-state index is 14.6. The fraction of sp³-hybridized carbons (Fsp3) is 0.242. The van der Waals surface area contributed by atoms with Crippen LogP contribution in [0.1, 0.15) is 36.5 Å². The van der Waals surface area contributed by atoms with Gasteiger partial charge in [0.1, 0.15) is 28.9 Å². The van der Waals surface area contributed by atoms with Gasteiger partial charge in [-0.15, -0.1) is 0 Å². The lowest BCUT2D eigenvalue weighted by Crippen LogP contribution is -2.24. The molecule has 0 bridgehead atoms. The van der Waals surface area contributed by atoms with Crippen molar-refractivity contribution in [2.45, 2.75) is 39.8 Å². The number of esters is 1. The zero-order valence-corrected chi connectivity index (χ0v) is 25.0. The monoisotopic (exact) mass is 624 g/mol. The van der Waals surface area contributed by atoms with Gasteiger partial charge >= 0.3 is 5.97 Å². The Morgan fingerprint density at radius 1 is 0.977 bits per heavy atom. The fourth-order valence-corrected chi connectivity index (χ4v) is 4.71. The summed E-state index contributed by atoms with van der Waals surface area (Å²) in [7, 11) is 0. The van der Waals surface area contributed by atoms with Crippen molar-refractivity contribution in [2.24, 2.45) is 0 Å². The van der Waals surface area contributed by atoms with Gasteiger partial charge in [-0.1, -0.05) is 35.9 Å². The predicted molar refractivity (Wildman–Crippen MR) is 163 cm³/mol. The lowest BCUT2D eigenvalue weighted by Gasteiger charge is -2.27. The maximum Gasteiger partial charge on any atom is 0.305 e. The molecule has 0 saturated carbocycles. The molecule has 4 aromatic rings. The topological polar surface area (TPSA) is 91.1 Å². The summed E-state index contributed by atoms with van der Waals surface area (Å²) in [4.78, 5) is 24.4. The van der Waals surface area contributed by atoms with Gasteiger partial charge in [-0.3, -0.25) is 14.9 Å². The van der Waals surface area contributed by atoms with E-state index in [1.807, 2.05) is 12.1 Å². The summed E-state index contributed by atoms with van der Waals surface area (Å²) in [6.07, 6.45) is 0.716. The minimum absolute atomic E-state index is 0.0545. The minimum atomic E-state index is -0.702. The lowest BCUT2D eigenvalue weighted by molar-refractivity contribution is -0.385. The summed E-state index contributed by atoms with van der Waals surface area (Å²) in [5, 5.41) is 12.0. The van der Waals surface area contributed by atoms with Gasteiger partial charge in [0, 0.05) is 49.0 Å². The Bertz CT molecular complexity index is 1620. The van der Waals surface area contributed by atoms with Gasteiger partial charge in [-0.05, 0) is 62.2 Å². The van der Waals surface area contributed by atoms with Gasteiger partial charge in [0.05, 0.1) is 28.7 Å². The number of benzene rings is 4. The highest BCUT2D eigenvalue weighted by Crippen LogP contribution is 2.33. The van der Waals surface area contributed by atoms with E-state index in [0.717, 1.165) is 11.6 Å². The second kappa shape index (κ2) is 15.2. The van der Waals surface area contributed by atoms with Crippen LogP contribution in [-0.2, 0) is 22.6 Å². The molecule has 0 aliphatic heterocycles. The van der Waals surface area contributed by atoms with Crippen molar-refractivity contribution >= 4 is 28.9 Å². The maximum atomic E-state index is 14.6. The number of ether oxygens (including phenoxy) is 3. The van der Waals surface area contributed by atoms with E-state index >= 15 is 0 Å². The number of hydrogen-bond acceptors (Lipinski definition) is 7. The molecule has 0 radical (unpaired) electrons. The molecule has 44 heavy (non-hydrogen) atoms. The highest BCUT2D eigenvalue weighted by atomic mass is 35.5. The Balaban J connectivity index is 1.48. The van der Waals surface area contributed by atoms with Crippen LogP contribution >= 0.6 is 11.6 Å². The molecule has 4 aromatic carbocycles. The second-order valence-corrected chi connectivity index (χ2v) is 10.3. The van der Waals surface area contributed by atoms with E-state index in [0.29, 0.717) is 46.5 Å². The third-order valence-corrected chi connectivity index (χ3v) is 7.03. The molecule has 230 valence electrons. The van der Waals surface area contributed by atoms with Gasteiger partial charge in [0.2, 0.25) is 0 Å². The Morgan fingerprint density at radius 2 is 1.73 bits per heavy atom. The van der Waals surface area contributed by atoms with E-state index in [1.54, 1.807) is 61.2 Å². The Morgan fingerprint density at radius 3 is 2.43 bits per heavy atom. The number of anilines is 1. The number of nitrogens with zero attached hydrogens (tertiary/aromatic N) is 2. The molecule has 0 amide bonds.